The zero-order chi connectivity index (χ0) is 15.4. The molecule has 2 N–H and O–H groups in total. The zero-order valence-electron chi connectivity index (χ0n) is 12.2. The van der Waals surface area contributed by atoms with Gasteiger partial charge in [0.25, 0.3) is 0 Å². The fraction of sp³-hybridized carbons (Fsp3) is 0.0500. The van der Waals surface area contributed by atoms with Crippen LogP contribution in [-0.2, 0) is 6.42 Å². The van der Waals surface area contributed by atoms with Crippen molar-refractivity contribution in [1.82, 2.24) is 0 Å². The minimum absolute atomic E-state index is 0.0430. The number of ketones is 1. The van der Waals surface area contributed by atoms with Crippen LogP contribution in [0, 0.1) is 0 Å². The smallest absolute Gasteiger partial charge is 0.169 e. The topological polar surface area (TPSA) is 43.1 Å². The lowest BCUT2D eigenvalue weighted by Crippen LogP contribution is -2.07. The summed E-state index contributed by atoms with van der Waals surface area (Å²) in [5, 5.41) is 0. The SMILES string of the molecule is Nc1ccc(-c2ccccc2)cc1C(=O)Cc1ccccc1. The number of carbonyl (C=O) groups is 1. The minimum atomic E-state index is 0.0430. The lowest BCUT2D eigenvalue weighted by molar-refractivity contribution is 0.0994. The van der Waals surface area contributed by atoms with E-state index in [2.05, 4.69) is 0 Å². The Labute approximate surface area is 130 Å². The van der Waals surface area contributed by atoms with Gasteiger partial charge in [-0.25, -0.2) is 0 Å². The van der Waals surface area contributed by atoms with Crippen molar-refractivity contribution in [2.24, 2.45) is 0 Å². The van der Waals surface area contributed by atoms with Crippen LogP contribution in [-0.4, -0.2) is 5.78 Å². The van der Waals surface area contributed by atoms with Crippen molar-refractivity contribution in [3.63, 3.8) is 0 Å². The second kappa shape index (κ2) is 6.27. The molecule has 3 rings (SSSR count). The van der Waals surface area contributed by atoms with Crippen LogP contribution in [0.4, 0.5) is 5.69 Å². The maximum atomic E-state index is 12.5. The summed E-state index contributed by atoms with van der Waals surface area (Å²) in [6.07, 6.45) is 0.364. The molecular weight excluding hydrogens is 270 g/mol. The van der Waals surface area contributed by atoms with Gasteiger partial charge in [0.05, 0.1) is 0 Å². The Morgan fingerprint density at radius 2 is 1.41 bits per heavy atom. The summed E-state index contributed by atoms with van der Waals surface area (Å²) in [5.41, 5.74) is 10.2. The summed E-state index contributed by atoms with van der Waals surface area (Å²) in [7, 11) is 0. The van der Waals surface area contributed by atoms with Gasteiger partial charge >= 0.3 is 0 Å². The number of rotatable bonds is 4. The van der Waals surface area contributed by atoms with E-state index >= 15 is 0 Å². The Kier molecular flexibility index (Phi) is 4.01. The second-order valence-corrected chi connectivity index (χ2v) is 5.25. The van der Waals surface area contributed by atoms with Gasteiger partial charge in [0, 0.05) is 17.7 Å². The zero-order valence-corrected chi connectivity index (χ0v) is 12.2. The standard InChI is InChI=1S/C20H17NO/c21-19-12-11-17(16-9-5-2-6-10-16)14-18(19)20(22)13-15-7-3-1-4-8-15/h1-12,14H,13,21H2. The summed E-state index contributed by atoms with van der Waals surface area (Å²) in [6, 6.07) is 25.4. The summed E-state index contributed by atoms with van der Waals surface area (Å²) >= 11 is 0. The van der Waals surface area contributed by atoms with Gasteiger partial charge in [0.1, 0.15) is 0 Å². The van der Waals surface area contributed by atoms with E-state index in [0.717, 1.165) is 16.7 Å². The molecule has 0 radical (unpaired) electrons. The first kappa shape index (κ1) is 14.1. The Bertz CT molecular complexity index is 779. The molecule has 0 bridgehead atoms. The Hall–Kier alpha value is -2.87. The van der Waals surface area contributed by atoms with Crippen molar-refractivity contribution in [3.8, 4) is 11.1 Å². The lowest BCUT2D eigenvalue weighted by Gasteiger charge is -2.08. The van der Waals surface area contributed by atoms with Crippen LogP contribution in [0.25, 0.3) is 11.1 Å². The molecule has 108 valence electrons. The van der Waals surface area contributed by atoms with Gasteiger partial charge in [0.2, 0.25) is 0 Å². The first-order valence-corrected chi connectivity index (χ1v) is 7.26. The molecule has 0 amide bonds. The molecule has 0 unspecified atom stereocenters. The molecule has 0 aliphatic heterocycles. The van der Waals surface area contributed by atoms with Crippen LogP contribution in [0.3, 0.4) is 0 Å². The van der Waals surface area contributed by atoms with E-state index in [-0.39, 0.29) is 5.78 Å². The normalized spacial score (nSPS) is 10.4. The first-order valence-electron chi connectivity index (χ1n) is 7.26. The lowest BCUT2D eigenvalue weighted by atomic mass is 9.97. The van der Waals surface area contributed by atoms with E-state index in [1.807, 2.05) is 72.8 Å². The van der Waals surface area contributed by atoms with Gasteiger partial charge in [-0.3, -0.25) is 4.79 Å². The summed E-state index contributed by atoms with van der Waals surface area (Å²) < 4.78 is 0. The molecule has 0 saturated heterocycles. The molecule has 0 saturated carbocycles. The van der Waals surface area contributed by atoms with Crippen molar-refractivity contribution >= 4 is 11.5 Å². The molecule has 2 nitrogen and oxygen atoms in total. The maximum absolute atomic E-state index is 12.5. The van der Waals surface area contributed by atoms with Gasteiger partial charge in [0.15, 0.2) is 5.78 Å². The van der Waals surface area contributed by atoms with Gasteiger partial charge in [-0.2, -0.15) is 0 Å². The highest BCUT2D eigenvalue weighted by atomic mass is 16.1. The molecule has 0 aliphatic rings. The number of anilines is 1. The molecular formula is C20H17NO. The van der Waals surface area contributed by atoms with Crippen molar-refractivity contribution < 1.29 is 4.79 Å². The minimum Gasteiger partial charge on any atom is -0.398 e. The van der Waals surface area contributed by atoms with E-state index in [1.54, 1.807) is 6.07 Å². The third kappa shape index (κ3) is 3.07. The third-order valence-electron chi connectivity index (χ3n) is 3.67. The number of nitrogen functional groups attached to an aromatic ring is 1. The summed E-state index contributed by atoms with van der Waals surface area (Å²) in [6.45, 7) is 0. The van der Waals surface area contributed by atoms with E-state index in [4.69, 9.17) is 5.73 Å². The maximum Gasteiger partial charge on any atom is 0.169 e. The monoisotopic (exact) mass is 287 g/mol. The van der Waals surface area contributed by atoms with E-state index in [0.29, 0.717) is 17.7 Å². The quantitative estimate of drug-likeness (QED) is 0.572. The first-order chi connectivity index (χ1) is 10.7. The summed E-state index contributed by atoms with van der Waals surface area (Å²) in [5.74, 6) is 0.0430. The summed E-state index contributed by atoms with van der Waals surface area (Å²) in [4.78, 5) is 12.5. The van der Waals surface area contributed by atoms with Crippen molar-refractivity contribution in [2.45, 2.75) is 6.42 Å². The highest BCUT2D eigenvalue weighted by Crippen LogP contribution is 2.24. The fourth-order valence-electron chi connectivity index (χ4n) is 2.48. The molecule has 0 heterocycles. The van der Waals surface area contributed by atoms with Crippen LogP contribution >= 0.6 is 0 Å². The van der Waals surface area contributed by atoms with E-state index in [9.17, 15) is 4.79 Å². The predicted molar refractivity (Wildman–Crippen MR) is 90.8 cm³/mol. The number of benzene rings is 3. The molecule has 3 aromatic rings. The molecule has 2 heteroatoms. The number of carbonyl (C=O) groups excluding carboxylic acids is 1. The van der Waals surface area contributed by atoms with Crippen LogP contribution in [0.15, 0.2) is 78.9 Å². The van der Waals surface area contributed by atoms with Crippen molar-refractivity contribution in [3.05, 3.63) is 90.0 Å². The predicted octanol–water partition coefficient (Wildman–Crippen LogP) is 4.36. The van der Waals surface area contributed by atoms with Crippen LogP contribution < -0.4 is 5.73 Å². The Morgan fingerprint density at radius 1 is 0.773 bits per heavy atom. The number of Topliss-reactive ketones (excluding diaryl/α,β-unsaturated/α-hetero) is 1. The van der Waals surface area contributed by atoms with Gasteiger partial charge in [-0.15, -0.1) is 0 Å². The van der Waals surface area contributed by atoms with Crippen molar-refractivity contribution in [2.75, 3.05) is 5.73 Å². The highest BCUT2D eigenvalue weighted by molar-refractivity contribution is 6.03. The molecule has 0 atom stereocenters. The molecule has 0 aliphatic carbocycles. The molecule has 3 aromatic carbocycles. The third-order valence-corrected chi connectivity index (χ3v) is 3.67. The highest BCUT2D eigenvalue weighted by Gasteiger charge is 2.12. The average Bonchev–Trinajstić information content (AvgIpc) is 2.57. The second-order valence-electron chi connectivity index (χ2n) is 5.25. The molecule has 0 aromatic heterocycles. The van der Waals surface area contributed by atoms with Crippen LogP contribution in [0.5, 0.6) is 0 Å². The Balaban J connectivity index is 1.91. The fourth-order valence-corrected chi connectivity index (χ4v) is 2.48. The molecule has 0 spiro atoms. The van der Waals surface area contributed by atoms with Gasteiger partial charge in [-0.05, 0) is 28.8 Å². The van der Waals surface area contributed by atoms with Gasteiger partial charge in [-0.1, -0.05) is 66.7 Å². The van der Waals surface area contributed by atoms with E-state index in [1.165, 1.54) is 0 Å². The largest absolute Gasteiger partial charge is 0.398 e. The van der Waals surface area contributed by atoms with Gasteiger partial charge < -0.3 is 5.73 Å². The van der Waals surface area contributed by atoms with Crippen LogP contribution in [0.2, 0.25) is 0 Å². The molecule has 0 fully saturated rings. The molecule has 22 heavy (non-hydrogen) atoms. The number of hydrogen-bond acceptors (Lipinski definition) is 2. The van der Waals surface area contributed by atoms with Crippen molar-refractivity contribution in [1.29, 1.82) is 0 Å². The average molecular weight is 287 g/mol. The number of hydrogen-bond donors (Lipinski definition) is 1. The Morgan fingerprint density at radius 3 is 2.09 bits per heavy atom. The van der Waals surface area contributed by atoms with Crippen LogP contribution in [0.1, 0.15) is 15.9 Å². The van der Waals surface area contributed by atoms with E-state index < -0.39 is 0 Å². The number of nitrogens with two attached hydrogens (primary N) is 1.